The summed E-state index contributed by atoms with van der Waals surface area (Å²) < 4.78 is 0. The lowest BCUT2D eigenvalue weighted by molar-refractivity contribution is -0.144. The standard InChI is InChI=1S/C4H7NO4/c5-2(4(8)9)1-3(6)7/h2H,1,5H2,(H,6,7)(H,8,9)/t2-/m0/s1/i2+1. The maximum atomic E-state index is 9.85. The number of carboxylic acids is 2. The summed E-state index contributed by atoms with van der Waals surface area (Å²) in [5.74, 6) is -2.50. The number of rotatable bonds is 3. The Morgan fingerprint density at radius 3 is 2.00 bits per heavy atom. The summed E-state index contributed by atoms with van der Waals surface area (Å²) in [7, 11) is 0. The predicted molar refractivity (Wildman–Crippen MR) is 27.9 cm³/mol. The van der Waals surface area contributed by atoms with Crippen molar-refractivity contribution >= 4 is 11.9 Å². The molecule has 0 bridgehead atoms. The van der Waals surface area contributed by atoms with E-state index < -0.39 is 24.4 Å². The van der Waals surface area contributed by atoms with Gasteiger partial charge in [0, 0.05) is 0 Å². The molecule has 0 saturated carbocycles. The Balaban J connectivity index is 3.63. The van der Waals surface area contributed by atoms with Crippen LogP contribution in [0.5, 0.6) is 0 Å². The van der Waals surface area contributed by atoms with E-state index in [1.165, 1.54) is 0 Å². The fourth-order valence-electron chi connectivity index (χ4n) is 0.275. The van der Waals surface area contributed by atoms with Crippen molar-refractivity contribution in [2.24, 2.45) is 5.73 Å². The van der Waals surface area contributed by atoms with E-state index in [9.17, 15) is 9.59 Å². The van der Waals surface area contributed by atoms with E-state index in [2.05, 4.69) is 0 Å². The zero-order valence-corrected chi connectivity index (χ0v) is 4.57. The van der Waals surface area contributed by atoms with Gasteiger partial charge in [-0.2, -0.15) is 0 Å². The van der Waals surface area contributed by atoms with Gasteiger partial charge in [-0.25, -0.2) is 0 Å². The summed E-state index contributed by atoms with van der Waals surface area (Å²) in [6.07, 6.45) is -0.532. The molecule has 0 aliphatic heterocycles. The monoisotopic (exact) mass is 134 g/mol. The molecule has 0 rings (SSSR count). The molecule has 9 heavy (non-hydrogen) atoms. The average molecular weight is 134 g/mol. The van der Waals surface area contributed by atoms with E-state index in [1.807, 2.05) is 0 Å². The van der Waals surface area contributed by atoms with Crippen molar-refractivity contribution < 1.29 is 19.8 Å². The molecule has 0 aliphatic rings. The van der Waals surface area contributed by atoms with E-state index in [4.69, 9.17) is 15.9 Å². The van der Waals surface area contributed by atoms with Gasteiger partial charge >= 0.3 is 11.9 Å². The third-order valence-electron chi connectivity index (χ3n) is 0.712. The summed E-state index contributed by atoms with van der Waals surface area (Å²) in [5.41, 5.74) is 4.84. The van der Waals surface area contributed by atoms with Crippen LogP contribution in [0.1, 0.15) is 6.42 Å². The Morgan fingerprint density at radius 2 is 1.89 bits per heavy atom. The second-order valence-corrected chi connectivity index (χ2v) is 1.54. The molecule has 0 spiro atoms. The third kappa shape index (κ3) is 3.48. The lowest BCUT2D eigenvalue weighted by Crippen LogP contribution is -2.32. The zero-order chi connectivity index (χ0) is 7.44. The van der Waals surface area contributed by atoms with Gasteiger partial charge in [0.15, 0.2) is 0 Å². The first kappa shape index (κ1) is 7.90. The Bertz CT molecular complexity index is 133. The van der Waals surface area contributed by atoms with Gasteiger partial charge in [-0.3, -0.25) is 9.59 Å². The van der Waals surface area contributed by atoms with Crippen LogP contribution in [0, 0.1) is 0 Å². The van der Waals surface area contributed by atoms with Crippen LogP contribution in [-0.2, 0) is 9.59 Å². The lowest BCUT2D eigenvalue weighted by Gasteiger charge is -1.99. The molecule has 1 atom stereocenters. The highest BCUT2D eigenvalue weighted by atomic mass is 16.4. The molecule has 4 N–H and O–H groups in total. The van der Waals surface area contributed by atoms with Gasteiger partial charge in [-0.15, -0.1) is 0 Å². The number of carboxylic acid groups (broad SMARTS) is 2. The van der Waals surface area contributed by atoms with Gasteiger partial charge < -0.3 is 15.9 Å². The minimum atomic E-state index is -1.29. The van der Waals surface area contributed by atoms with Crippen LogP contribution >= 0.6 is 0 Å². The van der Waals surface area contributed by atoms with Gasteiger partial charge in [0.2, 0.25) is 0 Å². The minimum absolute atomic E-state index is 0.532. The molecular weight excluding hydrogens is 127 g/mol. The van der Waals surface area contributed by atoms with Crippen molar-refractivity contribution in [2.75, 3.05) is 0 Å². The molecule has 0 saturated heterocycles. The molecule has 0 aromatic carbocycles. The van der Waals surface area contributed by atoms with Gasteiger partial charge in [0.05, 0.1) is 6.42 Å². The number of aliphatic carboxylic acids is 2. The minimum Gasteiger partial charge on any atom is -0.481 e. The zero-order valence-electron chi connectivity index (χ0n) is 4.57. The van der Waals surface area contributed by atoms with E-state index in [0.29, 0.717) is 0 Å². The second-order valence-electron chi connectivity index (χ2n) is 1.54. The topological polar surface area (TPSA) is 101 Å². The van der Waals surface area contributed by atoms with Gasteiger partial charge in [-0.1, -0.05) is 0 Å². The Kier molecular flexibility index (Phi) is 2.66. The lowest BCUT2D eigenvalue weighted by atomic mass is 10.5. The van der Waals surface area contributed by atoms with Crippen molar-refractivity contribution in [3.63, 3.8) is 0 Å². The highest BCUT2D eigenvalue weighted by Gasteiger charge is 2.14. The van der Waals surface area contributed by atoms with E-state index in [0.717, 1.165) is 0 Å². The number of hydrogen-bond donors (Lipinski definition) is 3. The Hall–Kier alpha value is -1.10. The quantitative estimate of drug-likeness (QED) is 0.424. The highest BCUT2D eigenvalue weighted by Crippen LogP contribution is 1.86. The fraction of sp³-hybridized carbons (Fsp3) is 0.500. The normalized spacial score (nSPS) is 12.6. The van der Waals surface area contributed by atoms with E-state index in [-0.39, 0.29) is 0 Å². The van der Waals surface area contributed by atoms with Crippen molar-refractivity contribution in [1.29, 1.82) is 0 Å². The van der Waals surface area contributed by atoms with Gasteiger partial charge in [0.25, 0.3) is 0 Å². The van der Waals surface area contributed by atoms with Crippen molar-refractivity contribution in [3.8, 4) is 0 Å². The van der Waals surface area contributed by atoms with Crippen LogP contribution in [0.4, 0.5) is 0 Å². The van der Waals surface area contributed by atoms with Crippen molar-refractivity contribution in [1.82, 2.24) is 0 Å². The summed E-state index contributed by atoms with van der Waals surface area (Å²) in [4.78, 5) is 19.6. The first-order valence-electron chi connectivity index (χ1n) is 2.24. The molecule has 5 heteroatoms. The molecule has 0 aromatic rings. The van der Waals surface area contributed by atoms with Crippen LogP contribution in [0.25, 0.3) is 0 Å². The Labute approximate surface area is 51.1 Å². The summed E-state index contributed by atoms with van der Waals surface area (Å²) >= 11 is 0. The van der Waals surface area contributed by atoms with Gasteiger partial charge in [0.1, 0.15) is 6.04 Å². The molecule has 0 radical (unpaired) electrons. The number of nitrogens with two attached hydrogens (primary N) is 1. The fourth-order valence-corrected chi connectivity index (χ4v) is 0.275. The van der Waals surface area contributed by atoms with Crippen LogP contribution in [0.3, 0.4) is 0 Å². The van der Waals surface area contributed by atoms with E-state index >= 15 is 0 Å². The maximum absolute atomic E-state index is 9.85. The van der Waals surface area contributed by atoms with Crippen molar-refractivity contribution in [3.05, 3.63) is 0 Å². The molecule has 52 valence electrons. The van der Waals surface area contributed by atoms with Gasteiger partial charge in [-0.05, 0) is 0 Å². The molecule has 0 fully saturated rings. The molecule has 0 aromatic heterocycles. The molecule has 0 unspecified atom stereocenters. The average Bonchev–Trinajstić information content (AvgIpc) is 1.63. The maximum Gasteiger partial charge on any atom is 0.321 e. The smallest absolute Gasteiger partial charge is 0.321 e. The van der Waals surface area contributed by atoms with E-state index in [1.54, 1.807) is 0 Å². The number of carbonyl (C=O) groups is 2. The molecule has 5 nitrogen and oxygen atoms in total. The first-order valence-corrected chi connectivity index (χ1v) is 2.24. The second kappa shape index (κ2) is 3.03. The van der Waals surface area contributed by atoms with Crippen molar-refractivity contribution in [2.45, 2.75) is 12.5 Å². The van der Waals surface area contributed by atoms with Crippen LogP contribution in [0.15, 0.2) is 0 Å². The summed E-state index contributed by atoms with van der Waals surface area (Å²) in [6, 6.07) is -1.29. The predicted octanol–water partition coefficient (Wildman–Crippen LogP) is -1.13. The molecule has 0 aliphatic carbocycles. The van der Waals surface area contributed by atoms with Crippen LogP contribution in [0.2, 0.25) is 0 Å². The summed E-state index contributed by atoms with van der Waals surface area (Å²) in [6.45, 7) is 0. The van der Waals surface area contributed by atoms with Crippen LogP contribution in [-0.4, -0.2) is 28.2 Å². The molecule has 0 heterocycles. The molecular formula is C4H7NO4. The first-order chi connectivity index (χ1) is 4.04. The molecule has 0 amide bonds. The third-order valence-corrected chi connectivity index (χ3v) is 0.712. The van der Waals surface area contributed by atoms with Crippen LogP contribution < -0.4 is 5.73 Å². The Morgan fingerprint density at radius 1 is 1.44 bits per heavy atom. The summed E-state index contributed by atoms with van der Waals surface area (Å²) in [5, 5.41) is 16.0. The highest BCUT2D eigenvalue weighted by molar-refractivity contribution is 5.80. The SMILES string of the molecule is N[13C@@H](CC(=O)O)C(=O)O. The largest absolute Gasteiger partial charge is 0.481 e. The number of hydrogen-bond acceptors (Lipinski definition) is 3.